The maximum Gasteiger partial charge on any atom is 0.254 e. The number of ether oxygens (including phenoxy) is 1. The minimum Gasteiger partial charge on any atom is -0.503 e. The van der Waals surface area contributed by atoms with Crippen molar-refractivity contribution in [3.8, 4) is 11.5 Å². The molecule has 1 aromatic carbocycles. The summed E-state index contributed by atoms with van der Waals surface area (Å²) in [5.41, 5.74) is 0.542. The molecule has 0 unspecified atom stereocenters. The molecule has 1 aliphatic heterocycles. The highest BCUT2D eigenvalue weighted by molar-refractivity contribution is 6.32. The molecule has 1 saturated heterocycles. The third kappa shape index (κ3) is 2.35. The van der Waals surface area contributed by atoms with Gasteiger partial charge in [0.2, 0.25) is 0 Å². The number of amides is 2. The lowest BCUT2D eigenvalue weighted by Gasteiger charge is -2.37. The molecular formula is C20H19ClN2O4. The van der Waals surface area contributed by atoms with Crippen LogP contribution in [0.4, 0.5) is 0 Å². The number of carbonyl (C=O) groups excluding carboxylic acids is 2. The highest BCUT2D eigenvalue weighted by Gasteiger charge is 2.67. The van der Waals surface area contributed by atoms with Crippen molar-refractivity contribution in [3.05, 3.63) is 34.9 Å². The second kappa shape index (κ2) is 5.83. The first-order chi connectivity index (χ1) is 13.0. The van der Waals surface area contributed by atoms with E-state index in [-0.39, 0.29) is 52.0 Å². The van der Waals surface area contributed by atoms with Gasteiger partial charge in [-0.05, 0) is 54.7 Å². The van der Waals surface area contributed by atoms with Crippen LogP contribution in [0.3, 0.4) is 0 Å². The first-order valence-electron chi connectivity index (χ1n) is 9.26. The summed E-state index contributed by atoms with van der Waals surface area (Å²) in [6, 6.07) is 3.09. The van der Waals surface area contributed by atoms with E-state index in [1.54, 1.807) is 13.0 Å². The number of phenols is 1. The van der Waals surface area contributed by atoms with Gasteiger partial charge in [0.1, 0.15) is 0 Å². The number of hydrogen-bond acceptors (Lipinski definition) is 5. The number of rotatable bonds is 4. The minimum atomic E-state index is -0.268. The van der Waals surface area contributed by atoms with Gasteiger partial charge in [-0.15, -0.1) is 0 Å². The normalized spacial score (nSPS) is 35.7. The number of hydrogen-bond donors (Lipinski definition) is 1. The average Bonchev–Trinajstić information content (AvgIpc) is 3.43. The van der Waals surface area contributed by atoms with Crippen molar-refractivity contribution in [2.45, 2.75) is 13.3 Å². The maximum atomic E-state index is 12.9. The molecule has 0 radical (unpaired) electrons. The summed E-state index contributed by atoms with van der Waals surface area (Å²) < 4.78 is 5.35. The molecule has 1 N–H and O–H groups in total. The SMILES string of the molecule is CCOc1cc(/C=N\N2C(=O)[C@@H]3[C@H]4C=C[C@@H]([C@@H]5C[C@@H]45)[C@@H]3C2=O)cc(Cl)c1O. The Labute approximate surface area is 161 Å². The highest BCUT2D eigenvalue weighted by Crippen LogP contribution is 2.65. The van der Waals surface area contributed by atoms with Gasteiger partial charge in [-0.1, -0.05) is 23.8 Å². The van der Waals surface area contributed by atoms with E-state index >= 15 is 0 Å². The quantitative estimate of drug-likeness (QED) is 0.490. The van der Waals surface area contributed by atoms with Crippen LogP contribution in [0.5, 0.6) is 11.5 Å². The van der Waals surface area contributed by atoms with Gasteiger partial charge >= 0.3 is 0 Å². The van der Waals surface area contributed by atoms with E-state index in [1.165, 1.54) is 12.3 Å². The Balaban J connectivity index is 1.42. The number of phenolic OH excluding ortho intramolecular Hbond substituents is 1. The van der Waals surface area contributed by atoms with Crippen molar-refractivity contribution in [2.24, 2.45) is 40.6 Å². The Kier molecular flexibility index (Phi) is 3.63. The Bertz CT molecular complexity index is 875. The number of hydrazone groups is 1. The number of benzene rings is 1. The molecule has 1 aromatic rings. The van der Waals surface area contributed by atoms with Crippen molar-refractivity contribution >= 4 is 29.6 Å². The smallest absolute Gasteiger partial charge is 0.254 e. The maximum absolute atomic E-state index is 12.9. The lowest BCUT2D eigenvalue weighted by molar-refractivity contribution is -0.140. The van der Waals surface area contributed by atoms with Crippen LogP contribution in [-0.2, 0) is 9.59 Å². The fourth-order valence-electron chi connectivity index (χ4n) is 5.11. The van der Waals surface area contributed by atoms with Crippen molar-refractivity contribution < 1.29 is 19.4 Å². The predicted molar refractivity (Wildman–Crippen MR) is 98.4 cm³/mol. The van der Waals surface area contributed by atoms with Crippen LogP contribution in [0.15, 0.2) is 29.4 Å². The van der Waals surface area contributed by atoms with E-state index in [1.807, 2.05) is 0 Å². The zero-order chi connectivity index (χ0) is 18.9. The largest absolute Gasteiger partial charge is 0.503 e. The molecule has 2 amide bonds. The summed E-state index contributed by atoms with van der Waals surface area (Å²) in [5.74, 6) is 0.619. The lowest BCUT2D eigenvalue weighted by atomic mass is 9.63. The second-order valence-corrected chi connectivity index (χ2v) is 8.08. The van der Waals surface area contributed by atoms with E-state index in [0.717, 1.165) is 11.4 Å². The molecule has 5 aliphatic rings. The topological polar surface area (TPSA) is 79.2 Å². The molecule has 6 nitrogen and oxygen atoms in total. The Morgan fingerprint density at radius 1 is 1.22 bits per heavy atom. The molecule has 7 heteroatoms. The standard InChI is InChI=1S/C20H19ClN2O4/c1-2-27-15-6-9(5-14(21)18(15)24)8-22-23-19(25)16-10-3-4-11(13-7-12(10)13)17(16)20(23)26/h3-6,8,10-13,16-17,24H,2,7H2,1H3/b22-8-/t10-,11-,12-,13-,16-,17+/m0/s1. The fraction of sp³-hybridized carbons (Fsp3) is 0.450. The Morgan fingerprint density at radius 2 is 1.85 bits per heavy atom. The average molecular weight is 387 g/mol. The molecule has 4 aliphatic carbocycles. The molecule has 0 aromatic heterocycles. The first kappa shape index (κ1) is 16.8. The predicted octanol–water partition coefficient (Wildman–Crippen LogP) is 2.83. The minimum absolute atomic E-state index is 0.123. The molecule has 1 heterocycles. The summed E-state index contributed by atoms with van der Waals surface area (Å²) >= 11 is 6.03. The van der Waals surface area contributed by atoms with E-state index in [2.05, 4.69) is 17.3 Å². The molecule has 3 fully saturated rings. The van der Waals surface area contributed by atoms with E-state index < -0.39 is 0 Å². The van der Waals surface area contributed by atoms with Crippen molar-refractivity contribution in [3.63, 3.8) is 0 Å². The number of nitrogens with zero attached hydrogens (tertiary/aromatic N) is 2. The summed E-state index contributed by atoms with van der Waals surface area (Å²) in [6.45, 7) is 2.17. The highest BCUT2D eigenvalue weighted by atomic mass is 35.5. The van der Waals surface area contributed by atoms with Gasteiger partial charge in [-0.25, -0.2) is 0 Å². The van der Waals surface area contributed by atoms with Crippen LogP contribution in [0, 0.1) is 35.5 Å². The van der Waals surface area contributed by atoms with Crippen molar-refractivity contribution in [1.82, 2.24) is 5.01 Å². The number of carbonyl (C=O) groups is 2. The monoisotopic (exact) mass is 386 g/mol. The zero-order valence-corrected chi connectivity index (χ0v) is 15.5. The second-order valence-electron chi connectivity index (χ2n) is 7.67. The number of halogens is 1. The molecule has 6 rings (SSSR count). The number of allylic oxidation sites excluding steroid dienone is 2. The van der Waals surface area contributed by atoms with Crippen LogP contribution in [-0.4, -0.2) is 34.8 Å². The van der Waals surface area contributed by atoms with Crippen LogP contribution < -0.4 is 4.74 Å². The third-order valence-electron chi connectivity index (χ3n) is 6.31. The number of imide groups is 1. The van der Waals surface area contributed by atoms with E-state index in [0.29, 0.717) is 24.0 Å². The van der Waals surface area contributed by atoms with Crippen LogP contribution in [0.2, 0.25) is 5.02 Å². The van der Waals surface area contributed by atoms with Gasteiger partial charge in [0.15, 0.2) is 11.5 Å². The van der Waals surface area contributed by atoms with Crippen LogP contribution >= 0.6 is 11.6 Å². The van der Waals surface area contributed by atoms with Crippen molar-refractivity contribution in [2.75, 3.05) is 6.61 Å². The fourth-order valence-corrected chi connectivity index (χ4v) is 5.33. The summed E-state index contributed by atoms with van der Waals surface area (Å²) in [6.07, 6.45) is 6.81. The van der Waals surface area contributed by atoms with Crippen molar-refractivity contribution in [1.29, 1.82) is 0 Å². The van der Waals surface area contributed by atoms with E-state index in [4.69, 9.17) is 16.3 Å². The van der Waals surface area contributed by atoms with Gasteiger partial charge < -0.3 is 9.84 Å². The summed E-state index contributed by atoms with van der Waals surface area (Å²) in [5, 5.41) is 15.2. The Hall–Kier alpha value is -2.34. The van der Waals surface area contributed by atoms with Crippen LogP contribution in [0.1, 0.15) is 18.9 Å². The number of aromatic hydroxyl groups is 1. The summed E-state index contributed by atoms with van der Waals surface area (Å²) in [7, 11) is 0. The zero-order valence-electron chi connectivity index (χ0n) is 14.7. The lowest BCUT2D eigenvalue weighted by Crippen LogP contribution is -2.40. The molecule has 27 heavy (non-hydrogen) atoms. The molecule has 0 spiro atoms. The van der Waals surface area contributed by atoms with Gasteiger partial charge in [0.05, 0.1) is 29.7 Å². The molecule has 6 atom stereocenters. The van der Waals surface area contributed by atoms with Gasteiger partial charge in [0.25, 0.3) is 11.8 Å². The molecular weight excluding hydrogens is 368 g/mol. The van der Waals surface area contributed by atoms with E-state index in [9.17, 15) is 14.7 Å². The van der Waals surface area contributed by atoms with Gasteiger partial charge in [-0.2, -0.15) is 10.1 Å². The molecule has 2 bridgehead atoms. The van der Waals surface area contributed by atoms with Gasteiger partial charge in [0, 0.05) is 0 Å². The molecule has 2 saturated carbocycles. The third-order valence-corrected chi connectivity index (χ3v) is 6.60. The molecule has 140 valence electrons. The first-order valence-corrected chi connectivity index (χ1v) is 9.64. The van der Waals surface area contributed by atoms with Crippen LogP contribution in [0.25, 0.3) is 0 Å². The summed E-state index contributed by atoms with van der Waals surface area (Å²) in [4.78, 5) is 25.8. The Morgan fingerprint density at radius 3 is 2.44 bits per heavy atom. The van der Waals surface area contributed by atoms with Gasteiger partial charge in [-0.3, -0.25) is 9.59 Å².